The van der Waals surface area contributed by atoms with E-state index in [1.807, 2.05) is 55.9 Å². The Morgan fingerprint density at radius 2 is 2.09 bits per heavy atom. The third kappa shape index (κ3) is 2.09. The molecule has 0 radical (unpaired) electrons. The van der Waals surface area contributed by atoms with Gasteiger partial charge in [-0.25, -0.2) is 4.57 Å². The van der Waals surface area contributed by atoms with E-state index in [1.165, 1.54) is 0 Å². The molecular formula is C19H20BN2O+. The highest BCUT2D eigenvalue weighted by molar-refractivity contribution is 6.81. The van der Waals surface area contributed by atoms with E-state index < -0.39 is 6.85 Å². The molecule has 3 aromatic rings. The standard InChI is InChI=1S/C19H20BN2O/c1-13-11-18(21(3)12-14(13)2)20-10-9-17-19(22(20)4)15-7-5-6-8-16(15)23-17/h5-12H,1-4H3/q+1/i2D3. The number of rotatable bonds is 1. The normalized spacial score (nSPS) is 16.2. The fourth-order valence-corrected chi connectivity index (χ4v) is 3.34. The Hall–Kier alpha value is -2.49. The van der Waals surface area contributed by atoms with Gasteiger partial charge < -0.3 is 9.23 Å². The molecular weight excluding hydrogens is 283 g/mol. The number of aryl methyl sites for hydroxylation is 3. The van der Waals surface area contributed by atoms with E-state index in [9.17, 15) is 0 Å². The second-order valence-electron chi connectivity index (χ2n) is 6.13. The number of anilines is 1. The van der Waals surface area contributed by atoms with E-state index in [0.29, 0.717) is 5.56 Å². The molecule has 0 aliphatic carbocycles. The zero-order valence-electron chi connectivity index (χ0n) is 16.5. The number of benzene rings is 1. The van der Waals surface area contributed by atoms with Crippen molar-refractivity contribution in [2.45, 2.75) is 13.8 Å². The second-order valence-corrected chi connectivity index (χ2v) is 6.13. The summed E-state index contributed by atoms with van der Waals surface area (Å²) in [6.45, 7) is -0.253. The number of aromatic nitrogens is 1. The van der Waals surface area contributed by atoms with Crippen molar-refractivity contribution in [1.82, 2.24) is 0 Å². The molecule has 0 fully saturated rings. The van der Waals surface area contributed by atoms with Gasteiger partial charge in [0.1, 0.15) is 18.4 Å². The van der Waals surface area contributed by atoms with Crippen molar-refractivity contribution in [3.63, 3.8) is 0 Å². The number of hydrogen-bond donors (Lipinski definition) is 0. The van der Waals surface area contributed by atoms with Gasteiger partial charge in [-0.05, 0) is 44.6 Å². The van der Waals surface area contributed by atoms with Crippen LogP contribution in [0.1, 0.15) is 21.0 Å². The molecule has 23 heavy (non-hydrogen) atoms. The fourth-order valence-electron chi connectivity index (χ4n) is 3.34. The van der Waals surface area contributed by atoms with Crippen molar-refractivity contribution in [2.24, 2.45) is 7.05 Å². The highest BCUT2D eigenvalue weighted by Crippen LogP contribution is 2.36. The fraction of sp³-hybridized carbons (Fsp3) is 0.211. The molecule has 1 aliphatic heterocycles. The van der Waals surface area contributed by atoms with Gasteiger partial charge in [0, 0.05) is 21.1 Å². The number of pyridine rings is 1. The maximum absolute atomic E-state index is 7.71. The summed E-state index contributed by atoms with van der Waals surface area (Å²) < 4.78 is 31.0. The summed E-state index contributed by atoms with van der Waals surface area (Å²) in [6.07, 6.45) is 3.73. The largest absolute Gasteiger partial charge is 0.455 e. The first-order valence-electron chi connectivity index (χ1n) is 9.20. The van der Waals surface area contributed by atoms with E-state index in [0.717, 1.165) is 33.6 Å². The van der Waals surface area contributed by atoms with Gasteiger partial charge in [-0.3, -0.25) is 0 Å². The maximum atomic E-state index is 7.71. The average Bonchev–Trinajstić information content (AvgIpc) is 2.95. The van der Waals surface area contributed by atoms with E-state index in [4.69, 9.17) is 8.53 Å². The minimum atomic E-state index is -2.11. The molecule has 1 aromatic carbocycles. The average molecular weight is 306 g/mol. The van der Waals surface area contributed by atoms with Crippen LogP contribution in [0.4, 0.5) is 5.69 Å². The Bertz CT molecular complexity index is 1040. The van der Waals surface area contributed by atoms with Crippen LogP contribution in [0, 0.1) is 13.8 Å². The zero-order chi connectivity index (χ0) is 18.6. The molecule has 4 rings (SSSR count). The summed E-state index contributed by atoms with van der Waals surface area (Å²) in [7, 11) is 3.94. The molecule has 114 valence electrons. The molecule has 0 atom stereocenters. The van der Waals surface area contributed by atoms with Crippen LogP contribution in [-0.4, -0.2) is 13.9 Å². The Balaban J connectivity index is 1.82. The minimum absolute atomic E-state index is 0.00198. The Morgan fingerprint density at radius 1 is 1.26 bits per heavy atom. The van der Waals surface area contributed by atoms with E-state index >= 15 is 0 Å². The molecule has 3 heterocycles. The number of nitrogens with zero attached hydrogens (tertiary/aromatic N) is 2. The third-order valence-corrected chi connectivity index (χ3v) is 4.62. The van der Waals surface area contributed by atoms with Gasteiger partial charge in [-0.15, -0.1) is 0 Å². The number of hydrogen-bond acceptors (Lipinski definition) is 2. The van der Waals surface area contributed by atoms with Gasteiger partial charge in [0.2, 0.25) is 0 Å². The lowest BCUT2D eigenvalue weighted by Gasteiger charge is -2.26. The van der Waals surface area contributed by atoms with Crippen molar-refractivity contribution >= 4 is 35.2 Å². The summed E-state index contributed by atoms with van der Waals surface area (Å²) in [4.78, 5) is 2.19. The van der Waals surface area contributed by atoms with Gasteiger partial charge in [0.05, 0.1) is 5.69 Å². The van der Waals surface area contributed by atoms with Crippen LogP contribution in [0.2, 0.25) is 0 Å². The molecule has 3 nitrogen and oxygen atoms in total. The van der Waals surface area contributed by atoms with Crippen molar-refractivity contribution in [3.8, 4) is 0 Å². The van der Waals surface area contributed by atoms with Crippen molar-refractivity contribution in [1.29, 1.82) is 0 Å². The minimum Gasteiger partial charge on any atom is -0.455 e. The highest BCUT2D eigenvalue weighted by Gasteiger charge is 2.35. The van der Waals surface area contributed by atoms with Crippen LogP contribution in [0.15, 0.2) is 46.9 Å². The van der Waals surface area contributed by atoms with Crippen LogP contribution >= 0.6 is 0 Å². The van der Waals surface area contributed by atoms with E-state index in [1.54, 1.807) is 6.20 Å². The van der Waals surface area contributed by atoms with Crippen molar-refractivity contribution in [3.05, 3.63) is 59.4 Å². The molecule has 0 amide bonds. The zero-order valence-corrected chi connectivity index (χ0v) is 13.5. The predicted octanol–water partition coefficient (Wildman–Crippen LogP) is 2.78. The van der Waals surface area contributed by atoms with E-state index in [-0.39, 0.29) is 6.85 Å². The summed E-state index contributed by atoms with van der Waals surface area (Å²) in [5.41, 5.74) is 4.13. The summed E-state index contributed by atoms with van der Waals surface area (Å²) in [5.74, 6) is 2.94. The number of para-hydroxylation sites is 1. The number of fused-ring (bicyclic) bond motifs is 3. The first-order chi connectivity index (χ1) is 12.3. The first kappa shape index (κ1) is 11.1. The van der Waals surface area contributed by atoms with Crippen LogP contribution in [0.5, 0.6) is 0 Å². The van der Waals surface area contributed by atoms with Crippen LogP contribution < -0.4 is 15.0 Å². The second kappa shape index (κ2) is 5.02. The number of furan rings is 1. The first-order valence-corrected chi connectivity index (χ1v) is 7.70. The predicted molar refractivity (Wildman–Crippen MR) is 96.1 cm³/mol. The molecule has 0 saturated heterocycles. The van der Waals surface area contributed by atoms with Gasteiger partial charge >= 0.3 is 6.85 Å². The smallest absolute Gasteiger partial charge is 0.396 e. The lowest BCUT2D eigenvalue weighted by molar-refractivity contribution is -0.654. The monoisotopic (exact) mass is 306 g/mol. The van der Waals surface area contributed by atoms with E-state index in [2.05, 4.69) is 16.9 Å². The third-order valence-electron chi connectivity index (χ3n) is 4.62. The molecule has 1 aliphatic rings. The lowest BCUT2D eigenvalue weighted by Crippen LogP contribution is -2.60. The van der Waals surface area contributed by atoms with Crippen molar-refractivity contribution in [2.75, 3.05) is 11.9 Å². The van der Waals surface area contributed by atoms with Gasteiger partial charge in [-0.1, -0.05) is 18.1 Å². The molecule has 4 heteroatoms. The molecule has 0 spiro atoms. The van der Waals surface area contributed by atoms with Crippen LogP contribution in [-0.2, 0) is 7.05 Å². The van der Waals surface area contributed by atoms with Crippen molar-refractivity contribution < 1.29 is 13.1 Å². The topological polar surface area (TPSA) is 20.3 Å². The van der Waals surface area contributed by atoms with Gasteiger partial charge in [-0.2, -0.15) is 0 Å². The molecule has 0 saturated carbocycles. The summed E-state index contributed by atoms with van der Waals surface area (Å²) in [5, 5.41) is 1.08. The maximum Gasteiger partial charge on any atom is 0.396 e. The summed E-state index contributed by atoms with van der Waals surface area (Å²) >= 11 is 0. The van der Waals surface area contributed by atoms with Gasteiger partial charge in [0.25, 0.3) is 0 Å². The summed E-state index contributed by atoms with van der Waals surface area (Å²) in [6, 6.07) is 9.98. The van der Waals surface area contributed by atoms with Gasteiger partial charge in [0.15, 0.2) is 11.8 Å². The molecule has 0 bridgehead atoms. The molecule has 0 N–H and O–H groups in total. The quantitative estimate of drug-likeness (QED) is 0.509. The Labute approximate surface area is 141 Å². The molecule has 2 aromatic heterocycles. The Kier molecular flexibility index (Phi) is 2.42. The van der Waals surface area contributed by atoms with Crippen LogP contribution in [0.3, 0.4) is 0 Å². The Morgan fingerprint density at radius 3 is 2.91 bits per heavy atom. The molecule has 0 unspecified atom stereocenters. The SMILES string of the molecule is [2H]C([2H])([2H])c1c[n+](C)c(B2C=Cc3oc4ccccc4c3N2C)cc1C. The lowest BCUT2D eigenvalue weighted by atomic mass is 9.55. The highest BCUT2D eigenvalue weighted by atomic mass is 16.3. The van der Waals surface area contributed by atoms with Crippen LogP contribution in [0.25, 0.3) is 17.0 Å².